The average Bonchev–Trinajstić information content (AvgIpc) is 2.88. The normalized spacial score (nSPS) is 11.3. The Balaban J connectivity index is 2.41. The van der Waals surface area contributed by atoms with Crippen LogP contribution in [0.1, 0.15) is 9.67 Å². The second kappa shape index (κ2) is 5.22. The number of rotatable bonds is 4. The summed E-state index contributed by atoms with van der Waals surface area (Å²) in [6, 6.07) is 6.22. The number of aromatic carboxylic acids is 1. The molecule has 0 unspecified atom stereocenters. The molecule has 2 aromatic rings. The summed E-state index contributed by atoms with van der Waals surface area (Å²) in [4.78, 5) is 10.6. The van der Waals surface area contributed by atoms with E-state index in [0.717, 1.165) is 27.8 Å². The summed E-state index contributed by atoms with van der Waals surface area (Å²) in [5.74, 6) is -1.74. The lowest BCUT2D eigenvalue weighted by atomic mass is 10.3. The van der Waals surface area contributed by atoms with E-state index in [2.05, 4.69) is 0 Å². The Kier molecular flexibility index (Phi) is 3.78. The third-order valence-electron chi connectivity index (χ3n) is 2.62. The van der Waals surface area contributed by atoms with Gasteiger partial charge in [0, 0.05) is 12.4 Å². The zero-order valence-electron chi connectivity index (χ0n) is 10.3. The first-order valence-electron chi connectivity index (χ1n) is 5.38. The third-order valence-corrected chi connectivity index (χ3v) is 5.45. The summed E-state index contributed by atoms with van der Waals surface area (Å²) in [6.07, 6.45) is 0. The Hall–Kier alpha value is -1.93. The van der Waals surface area contributed by atoms with Gasteiger partial charge in [-0.15, -0.1) is 11.3 Å². The summed E-state index contributed by atoms with van der Waals surface area (Å²) < 4.78 is 38.6. The van der Waals surface area contributed by atoms with Gasteiger partial charge in [0.2, 0.25) is 0 Å². The lowest BCUT2D eigenvalue weighted by molar-refractivity contribution is 0.0702. The largest absolute Gasteiger partial charge is 0.477 e. The Morgan fingerprint density at radius 1 is 1.35 bits per heavy atom. The molecular formula is C12H10FNO4S2. The van der Waals surface area contributed by atoms with E-state index in [1.165, 1.54) is 30.6 Å². The molecule has 1 aromatic carbocycles. The quantitative estimate of drug-likeness (QED) is 0.940. The second-order valence-electron chi connectivity index (χ2n) is 3.90. The number of nitrogens with zero attached hydrogens (tertiary/aromatic N) is 1. The highest BCUT2D eigenvalue weighted by Gasteiger charge is 2.24. The number of benzene rings is 1. The monoisotopic (exact) mass is 315 g/mol. The van der Waals surface area contributed by atoms with Crippen LogP contribution in [0.15, 0.2) is 40.6 Å². The highest BCUT2D eigenvalue weighted by molar-refractivity contribution is 7.93. The van der Waals surface area contributed by atoms with Crippen molar-refractivity contribution in [3.05, 3.63) is 46.4 Å². The molecule has 0 aliphatic heterocycles. The molecule has 0 amide bonds. The molecule has 106 valence electrons. The fourth-order valence-electron chi connectivity index (χ4n) is 1.54. The molecule has 0 aliphatic carbocycles. The molecule has 1 heterocycles. The topological polar surface area (TPSA) is 74.7 Å². The van der Waals surface area contributed by atoms with Crippen molar-refractivity contribution in [1.29, 1.82) is 0 Å². The van der Waals surface area contributed by atoms with Gasteiger partial charge in [-0.3, -0.25) is 4.31 Å². The van der Waals surface area contributed by atoms with Gasteiger partial charge in [-0.05, 0) is 24.3 Å². The highest BCUT2D eigenvalue weighted by atomic mass is 32.2. The molecule has 1 aromatic heterocycles. The highest BCUT2D eigenvalue weighted by Crippen LogP contribution is 2.26. The summed E-state index contributed by atoms with van der Waals surface area (Å²) in [5, 5.41) is 10.1. The first-order valence-corrected chi connectivity index (χ1v) is 7.70. The molecule has 1 N–H and O–H groups in total. The van der Waals surface area contributed by atoms with Crippen LogP contribution in [0.3, 0.4) is 0 Å². The molecule has 8 heteroatoms. The van der Waals surface area contributed by atoms with Gasteiger partial charge in [-0.2, -0.15) is 0 Å². The van der Waals surface area contributed by atoms with Crippen LogP contribution in [-0.4, -0.2) is 26.5 Å². The first kappa shape index (κ1) is 14.5. The molecule has 0 atom stereocenters. The molecule has 20 heavy (non-hydrogen) atoms. The van der Waals surface area contributed by atoms with Crippen LogP contribution in [0, 0.1) is 5.82 Å². The molecule has 0 spiro atoms. The fourth-order valence-corrected chi connectivity index (χ4v) is 3.82. The van der Waals surface area contributed by atoms with Gasteiger partial charge in [0.15, 0.2) is 0 Å². The number of carboxylic acid groups (broad SMARTS) is 1. The van der Waals surface area contributed by atoms with E-state index in [9.17, 15) is 17.6 Å². The minimum Gasteiger partial charge on any atom is -0.477 e. The van der Waals surface area contributed by atoms with Crippen molar-refractivity contribution in [2.45, 2.75) is 4.90 Å². The maximum absolute atomic E-state index is 13.1. The van der Waals surface area contributed by atoms with Crippen LogP contribution in [0.5, 0.6) is 0 Å². The van der Waals surface area contributed by atoms with E-state index in [-0.39, 0.29) is 15.5 Å². The van der Waals surface area contributed by atoms with Gasteiger partial charge in [0.1, 0.15) is 10.7 Å². The Morgan fingerprint density at radius 3 is 2.60 bits per heavy atom. The van der Waals surface area contributed by atoms with Crippen molar-refractivity contribution >= 4 is 33.0 Å². The minimum atomic E-state index is -3.91. The third kappa shape index (κ3) is 2.66. The summed E-state index contributed by atoms with van der Waals surface area (Å²) >= 11 is 0.821. The van der Waals surface area contributed by atoms with Crippen molar-refractivity contribution < 1.29 is 22.7 Å². The Labute approximate surface area is 119 Å². The van der Waals surface area contributed by atoms with Crippen molar-refractivity contribution in [3.63, 3.8) is 0 Å². The van der Waals surface area contributed by atoms with Gasteiger partial charge in [-0.1, -0.05) is 6.07 Å². The number of sulfonamides is 1. The number of anilines is 1. The number of halogens is 1. The SMILES string of the molecule is CN(c1cccc(F)c1)S(=O)(=O)c1csc(C(=O)O)c1. The van der Waals surface area contributed by atoms with Crippen LogP contribution in [0.2, 0.25) is 0 Å². The predicted octanol–water partition coefficient (Wildman–Crippen LogP) is 2.41. The van der Waals surface area contributed by atoms with Crippen molar-refractivity contribution in [2.75, 3.05) is 11.4 Å². The van der Waals surface area contributed by atoms with E-state index in [1.54, 1.807) is 0 Å². The Morgan fingerprint density at radius 2 is 2.05 bits per heavy atom. The van der Waals surface area contributed by atoms with Gasteiger partial charge in [0.05, 0.1) is 10.6 Å². The maximum Gasteiger partial charge on any atom is 0.345 e. The van der Waals surface area contributed by atoms with Crippen LogP contribution in [-0.2, 0) is 10.0 Å². The smallest absolute Gasteiger partial charge is 0.345 e. The van der Waals surface area contributed by atoms with E-state index >= 15 is 0 Å². The first-order chi connectivity index (χ1) is 9.32. The van der Waals surface area contributed by atoms with Crippen LogP contribution < -0.4 is 4.31 Å². The van der Waals surface area contributed by atoms with Gasteiger partial charge in [-0.25, -0.2) is 17.6 Å². The average molecular weight is 315 g/mol. The van der Waals surface area contributed by atoms with Crippen molar-refractivity contribution in [2.24, 2.45) is 0 Å². The zero-order valence-corrected chi connectivity index (χ0v) is 11.9. The lowest BCUT2D eigenvalue weighted by Crippen LogP contribution is -2.26. The number of carbonyl (C=O) groups is 1. The van der Waals surface area contributed by atoms with E-state index in [1.807, 2.05) is 0 Å². The summed E-state index contributed by atoms with van der Waals surface area (Å²) in [7, 11) is -2.63. The van der Waals surface area contributed by atoms with Crippen LogP contribution in [0.25, 0.3) is 0 Å². The molecule has 0 fully saturated rings. The summed E-state index contributed by atoms with van der Waals surface area (Å²) in [6.45, 7) is 0. The second-order valence-corrected chi connectivity index (χ2v) is 6.78. The molecule has 0 saturated carbocycles. The fraction of sp³-hybridized carbons (Fsp3) is 0.0833. The molecule has 0 aliphatic rings. The molecule has 0 bridgehead atoms. The standard InChI is InChI=1S/C12H10FNO4S2/c1-14(9-4-2-3-8(13)5-9)20(17,18)10-6-11(12(15)16)19-7-10/h2-7H,1H3,(H,15,16). The molecular weight excluding hydrogens is 305 g/mol. The lowest BCUT2D eigenvalue weighted by Gasteiger charge is -2.18. The number of hydrogen-bond donors (Lipinski definition) is 1. The zero-order chi connectivity index (χ0) is 14.9. The molecule has 0 saturated heterocycles. The number of carboxylic acids is 1. The van der Waals surface area contributed by atoms with Crippen molar-refractivity contribution in [1.82, 2.24) is 0 Å². The number of hydrogen-bond acceptors (Lipinski definition) is 4. The maximum atomic E-state index is 13.1. The van der Waals surface area contributed by atoms with E-state index < -0.39 is 21.8 Å². The minimum absolute atomic E-state index is 0.0729. The molecule has 5 nitrogen and oxygen atoms in total. The van der Waals surface area contributed by atoms with Crippen LogP contribution >= 0.6 is 11.3 Å². The Bertz CT molecular complexity index is 754. The van der Waals surface area contributed by atoms with E-state index in [4.69, 9.17) is 5.11 Å². The number of thiophene rings is 1. The predicted molar refractivity (Wildman–Crippen MR) is 73.3 cm³/mol. The summed E-state index contributed by atoms with van der Waals surface area (Å²) in [5.41, 5.74) is 0.160. The van der Waals surface area contributed by atoms with Gasteiger partial charge < -0.3 is 5.11 Å². The van der Waals surface area contributed by atoms with Crippen molar-refractivity contribution in [3.8, 4) is 0 Å². The molecule has 2 rings (SSSR count). The van der Waals surface area contributed by atoms with Crippen LogP contribution in [0.4, 0.5) is 10.1 Å². The van der Waals surface area contributed by atoms with Gasteiger partial charge >= 0.3 is 5.97 Å². The molecule has 0 radical (unpaired) electrons. The van der Waals surface area contributed by atoms with E-state index in [0.29, 0.717) is 0 Å². The van der Waals surface area contributed by atoms with Gasteiger partial charge in [0.25, 0.3) is 10.0 Å².